The Kier molecular flexibility index (Phi) is 5.05. The summed E-state index contributed by atoms with van der Waals surface area (Å²) in [4.78, 5) is 1.62. The zero-order chi connectivity index (χ0) is 12.1. The molecule has 17 heavy (non-hydrogen) atoms. The first-order chi connectivity index (χ1) is 8.35. The van der Waals surface area contributed by atoms with Crippen LogP contribution in [0.15, 0.2) is 17.5 Å². The van der Waals surface area contributed by atoms with Gasteiger partial charge in [-0.15, -0.1) is 11.3 Å². The molecule has 1 aromatic rings. The third-order valence-corrected chi connectivity index (χ3v) is 5.25. The van der Waals surface area contributed by atoms with Crippen LogP contribution in [0.2, 0.25) is 0 Å². The smallest absolute Gasteiger partial charge is 0.00795 e. The lowest BCUT2D eigenvalue weighted by Crippen LogP contribution is -2.31. The molecule has 1 heterocycles. The highest BCUT2D eigenvalue weighted by Crippen LogP contribution is 2.42. The van der Waals surface area contributed by atoms with E-state index in [4.69, 9.17) is 0 Å². The maximum Gasteiger partial charge on any atom is 0.00795 e. The lowest BCUT2D eigenvalue weighted by Gasteiger charge is -2.35. The van der Waals surface area contributed by atoms with E-state index in [1.165, 1.54) is 32.2 Å². The molecular formula is C15H25NS. The van der Waals surface area contributed by atoms with Gasteiger partial charge in [0.1, 0.15) is 0 Å². The van der Waals surface area contributed by atoms with Crippen molar-refractivity contribution in [2.24, 2.45) is 11.8 Å². The van der Waals surface area contributed by atoms with Gasteiger partial charge >= 0.3 is 0 Å². The Bertz CT molecular complexity index is 307. The van der Waals surface area contributed by atoms with E-state index in [2.05, 4.69) is 36.7 Å². The van der Waals surface area contributed by atoms with Crippen LogP contribution < -0.4 is 5.32 Å². The molecule has 2 rings (SSSR count). The molecule has 0 aliphatic heterocycles. The van der Waals surface area contributed by atoms with Gasteiger partial charge in [0.2, 0.25) is 0 Å². The number of thiophene rings is 1. The maximum absolute atomic E-state index is 3.55. The minimum atomic E-state index is 0.813. The molecule has 1 aromatic heterocycles. The fourth-order valence-electron chi connectivity index (χ4n) is 3.12. The summed E-state index contributed by atoms with van der Waals surface area (Å²) in [6, 6.07) is 4.55. The number of nitrogens with one attached hydrogen (secondary N) is 1. The van der Waals surface area contributed by atoms with Crippen LogP contribution in [0.25, 0.3) is 0 Å². The van der Waals surface area contributed by atoms with Crippen LogP contribution in [-0.2, 0) is 0 Å². The van der Waals surface area contributed by atoms with Crippen LogP contribution in [0.4, 0.5) is 0 Å². The van der Waals surface area contributed by atoms with Crippen molar-refractivity contribution in [1.29, 1.82) is 0 Å². The molecule has 0 spiro atoms. The molecule has 3 atom stereocenters. The van der Waals surface area contributed by atoms with Gasteiger partial charge in [-0.2, -0.15) is 0 Å². The molecule has 1 aliphatic carbocycles. The highest BCUT2D eigenvalue weighted by Gasteiger charge is 2.30. The molecule has 1 nitrogen and oxygen atoms in total. The van der Waals surface area contributed by atoms with Crippen LogP contribution in [0.1, 0.15) is 50.3 Å². The minimum Gasteiger partial charge on any atom is -0.317 e. The molecule has 0 aromatic carbocycles. The average Bonchev–Trinajstić information content (AvgIpc) is 2.90. The fourth-order valence-corrected chi connectivity index (χ4v) is 4.05. The monoisotopic (exact) mass is 251 g/mol. The third-order valence-electron chi connectivity index (χ3n) is 4.24. The van der Waals surface area contributed by atoms with Crippen LogP contribution in [0.3, 0.4) is 0 Å². The van der Waals surface area contributed by atoms with Crippen LogP contribution in [0, 0.1) is 11.8 Å². The molecule has 1 fully saturated rings. The quantitative estimate of drug-likeness (QED) is 0.824. The molecule has 3 unspecified atom stereocenters. The molecule has 96 valence electrons. The zero-order valence-corrected chi connectivity index (χ0v) is 11.9. The fraction of sp³-hybridized carbons (Fsp3) is 0.733. The van der Waals surface area contributed by atoms with Gasteiger partial charge in [0.25, 0.3) is 0 Å². The lowest BCUT2D eigenvalue weighted by molar-refractivity contribution is 0.229. The highest BCUT2D eigenvalue weighted by molar-refractivity contribution is 7.10. The van der Waals surface area contributed by atoms with Gasteiger partial charge in [0.15, 0.2) is 0 Å². The summed E-state index contributed by atoms with van der Waals surface area (Å²) in [5.74, 6) is 2.63. The summed E-state index contributed by atoms with van der Waals surface area (Å²) in [5.41, 5.74) is 0. The van der Waals surface area contributed by atoms with Crippen molar-refractivity contribution in [2.45, 2.75) is 45.4 Å². The topological polar surface area (TPSA) is 12.0 Å². The van der Waals surface area contributed by atoms with Crippen molar-refractivity contribution in [3.8, 4) is 0 Å². The number of hydrogen-bond donors (Lipinski definition) is 1. The molecule has 0 radical (unpaired) electrons. The average molecular weight is 251 g/mol. The molecule has 1 saturated carbocycles. The van der Waals surface area contributed by atoms with Crippen LogP contribution in [-0.4, -0.2) is 13.1 Å². The first-order valence-electron chi connectivity index (χ1n) is 7.09. The summed E-state index contributed by atoms with van der Waals surface area (Å²) in [6.07, 6.45) is 5.62. The van der Waals surface area contributed by atoms with E-state index >= 15 is 0 Å². The second kappa shape index (κ2) is 6.55. The van der Waals surface area contributed by atoms with E-state index in [0.717, 1.165) is 24.3 Å². The van der Waals surface area contributed by atoms with Gasteiger partial charge in [-0.1, -0.05) is 32.8 Å². The van der Waals surface area contributed by atoms with Crippen molar-refractivity contribution < 1.29 is 0 Å². The van der Waals surface area contributed by atoms with Crippen LogP contribution >= 0.6 is 11.3 Å². The van der Waals surface area contributed by atoms with Crippen LogP contribution in [0.5, 0.6) is 0 Å². The van der Waals surface area contributed by atoms with Gasteiger partial charge in [-0.3, -0.25) is 0 Å². The third kappa shape index (κ3) is 3.32. The van der Waals surface area contributed by atoms with Gasteiger partial charge in [0.05, 0.1) is 0 Å². The standard InChI is InChI=1S/C15H25NS/c1-3-12-7-8-13(11-16-4-2)14(10-12)15-6-5-9-17-15/h5-6,9,12-14,16H,3-4,7-8,10-11H2,1-2H3. The summed E-state index contributed by atoms with van der Waals surface area (Å²) in [5, 5.41) is 5.78. The molecule has 1 N–H and O–H groups in total. The van der Waals surface area contributed by atoms with E-state index in [0.29, 0.717) is 0 Å². The Balaban J connectivity index is 2.04. The minimum absolute atomic E-state index is 0.813. The van der Waals surface area contributed by atoms with E-state index in [1.807, 2.05) is 11.3 Å². The summed E-state index contributed by atoms with van der Waals surface area (Å²) >= 11 is 1.95. The predicted octanol–water partition coefficient (Wildman–Crippen LogP) is 4.27. The lowest BCUT2D eigenvalue weighted by atomic mass is 9.72. The second-order valence-electron chi connectivity index (χ2n) is 5.28. The van der Waals surface area contributed by atoms with Crippen molar-refractivity contribution >= 4 is 11.3 Å². The SMILES string of the molecule is CCNCC1CCC(CC)CC1c1cccs1. The van der Waals surface area contributed by atoms with E-state index in [1.54, 1.807) is 4.88 Å². The van der Waals surface area contributed by atoms with E-state index in [9.17, 15) is 0 Å². The first-order valence-corrected chi connectivity index (χ1v) is 7.97. The Hall–Kier alpha value is -0.340. The Morgan fingerprint density at radius 3 is 2.88 bits per heavy atom. The van der Waals surface area contributed by atoms with Gasteiger partial charge < -0.3 is 5.32 Å². The predicted molar refractivity (Wildman–Crippen MR) is 76.7 cm³/mol. The second-order valence-corrected chi connectivity index (χ2v) is 6.26. The molecule has 0 bridgehead atoms. The largest absolute Gasteiger partial charge is 0.317 e. The van der Waals surface area contributed by atoms with Crippen molar-refractivity contribution in [1.82, 2.24) is 5.32 Å². The molecule has 2 heteroatoms. The Morgan fingerprint density at radius 1 is 1.35 bits per heavy atom. The molecule has 0 saturated heterocycles. The normalized spacial score (nSPS) is 29.4. The first kappa shape index (κ1) is 13.1. The summed E-state index contributed by atoms with van der Waals surface area (Å²) in [6.45, 7) is 6.86. The van der Waals surface area contributed by atoms with Crippen molar-refractivity contribution in [2.75, 3.05) is 13.1 Å². The van der Waals surface area contributed by atoms with Gasteiger partial charge in [-0.05, 0) is 55.1 Å². The van der Waals surface area contributed by atoms with E-state index < -0.39 is 0 Å². The van der Waals surface area contributed by atoms with Gasteiger partial charge in [-0.25, -0.2) is 0 Å². The van der Waals surface area contributed by atoms with Crippen molar-refractivity contribution in [3.05, 3.63) is 22.4 Å². The number of rotatable bonds is 5. The molecule has 0 amide bonds. The van der Waals surface area contributed by atoms with E-state index in [-0.39, 0.29) is 0 Å². The Labute approximate surface area is 110 Å². The summed E-state index contributed by atoms with van der Waals surface area (Å²) < 4.78 is 0. The van der Waals surface area contributed by atoms with Crippen molar-refractivity contribution in [3.63, 3.8) is 0 Å². The number of hydrogen-bond acceptors (Lipinski definition) is 2. The maximum atomic E-state index is 3.55. The summed E-state index contributed by atoms with van der Waals surface area (Å²) in [7, 11) is 0. The Morgan fingerprint density at radius 2 is 2.24 bits per heavy atom. The zero-order valence-electron chi connectivity index (χ0n) is 11.1. The molecule has 1 aliphatic rings. The van der Waals surface area contributed by atoms with Gasteiger partial charge in [0, 0.05) is 4.88 Å². The highest BCUT2D eigenvalue weighted by atomic mass is 32.1. The molecular weight excluding hydrogens is 226 g/mol.